The minimum Gasteiger partial charge on any atom is -0.444 e. The molecule has 0 aliphatic carbocycles. The van der Waals surface area contributed by atoms with Crippen molar-refractivity contribution in [3.63, 3.8) is 0 Å². The van der Waals surface area contributed by atoms with Crippen molar-refractivity contribution in [2.75, 3.05) is 18.9 Å². The van der Waals surface area contributed by atoms with E-state index in [4.69, 9.17) is 4.74 Å². The van der Waals surface area contributed by atoms with Crippen LogP contribution in [0.1, 0.15) is 37.6 Å². The Hall–Kier alpha value is -2.13. The minimum absolute atomic E-state index is 0.273. The number of carbonyl (C=O) groups is 1. The fourth-order valence-electron chi connectivity index (χ4n) is 2.19. The second-order valence-electron chi connectivity index (χ2n) is 6.22. The zero-order chi connectivity index (χ0) is 15.6. The maximum Gasteiger partial charge on any atom is 0.413 e. The number of nitrogens with one attached hydrogen (secondary N) is 1. The highest BCUT2D eigenvalue weighted by molar-refractivity contribution is 5.85. The summed E-state index contributed by atoms with van der Waals surface area (Å²) in [7, 11) is 2.03. The van der Waals surface area contributed by atoms with Crippen molar-refractivity contribution in [3.05, 3.63) is 22.9 Å². The second kappa shape index (κ2) is 5.70. The van der Waals surface area contributed by atoms with Gasteiger partial charge in [0.15, 0.2) is 5.82 Å². The number of hydrogen-bond acceptors (Lipinski definition) is 5. The van der Waals surface area contributed by atoms with Crippen molar-refractivity contribution in [2.24, 2.45) is 0 Å². The molecule has 0 saturated carbocycles. The summed E-state index contributed by atoms with van der Waals surface area (Å²) < 4.78 is 5.19. The molecule has 0 radical (unpaired) electrons. The van der Waals surface area contributed by atoms with Crippen LogP contribution in [0.15, 0.2) is 6.07 Å². The van der Waals surface area contributed by atoms with Crippen molar-refractivity contribution in [1.29, 1.82) is 5.26 Å². The summed E-state index contributed by atoms with van der Waals surface area (Å²) in [6, 6.07) is 3.87. The maximum atomic E-state index is 11.8. The third-order valence-electron chi connectivity index (χ3n) is 3.10. The number of rotatable bonds is 1. The van der Waals surface area contributed by atoms with Gasteiger partial charge in [-0.3, -0.25) is 5.32 Å². The van der Waals surface area contributed by atoms with Gasteiger partial charge in [-0.1, -0.05) is 0 Å². The van der Waals surface area contributed by atoms with E-state index in [-0.39, 0.29) is 5.82 Å². The number of anilines is 1. The van der Waals surface area contributed by atoms with E-state index in [1.165, 1.54) is 0 Å². The molecule has 0 atom stereocenters. The van der Waals surface area contributed by atoms with Crippen LogP contribution >= 0.6 is 0 Å². The van der Waals surface area contributed by atoms with Crippen LogP contribution < -0.4 is 5.32 Å². The lowest BCUT2D eigenvalue weighted by atomic mass is 10.0. The second-order valence-corrected chi connectivity index (χ2v) is 6.22. The summed E-state index contributed by atoms with van der Waals surface area (Å²) in [6.07, 6.45) is 0.208. The number of amides is 1. The zero-order valence-electron chi connectivity index (χ0n) is 12.9. The summed E-state index contributed by atoms with van der Waals surface area (Å²) in [6.45, 7) is 7.04. The Balaban J connectivity index is 2.24. The summed E-state index contributed by atoms with van der Waals surface area (Å²) >= 11 is 0. The summed E-state index contributed by atoms with van der Waals surface area (Å²) in [4.78, 5) is 18.4. The summed E-state index contributed by atoms with van der Waals surface area (Å²) in [5, 5.41) is 11.8. The minimum atomic E-state index is -0.598. The largest absolute Gasteiger partial charge is 0.444 e. The number of likely N-dealkylation sites (N-methyl/N-ethyl adjacent to an activating group) is 1. The fraction of sp³-hybridized carbons (Fsp3) is 0.533. The van der Waals surface area contributed by atoms with E-state index in [1.807, 2.05) is 7.05 Å². The third kappa shape index (κ3) is 3.92. The Kier molecular flexibility index (Phi) is 4.14. The van der Waals surface area contributed by atoms with Gasteiger partial charge in [0, 0.05) is 25.2 Å². The SMILES string of the molecule is CN1CCc2nc(NC(=O)OC(C)(C)C)c(C#N)cc2C1. The molecule has 112 valence electrons. The molecule has 6 nitrogen and oxygen atoms in total. The van der Waals surface area contributed by atoms with Crippen LogP contribution in [0.5, 0.6) is 0 Å². The molecule has 2 rings (SSSR count). The first-order valence-electron chi connectivity index (χ1n) is 6.90. The van der Waals surface area contributed by atoms with E-state index in [9.17, 15) is 10.1 Å². The van der Waals surface area contributed by atoms with Crippen LogP contribution in [0.3, 0.4) is 0 Å². The van der Waals surface area contributed by atoms with Crippen molar-refractivity contribution < 1.29 is 9.53 Å². The molecule has 0 unspecified atom stereocenters. The molecule has 0 aromatic carbocycles. The first-order chi connectivity index (χ1) is 9.78. The number of nitrogens with zero attached hydrogens (tertiary/aromatic N) is 3. The molecular weight excluding hydrogens is 268 g/mol. The molecule has 0 bridgehead atoms. The van der Waals surface area contributed by atoms with Gasteiger partial charge in [0.2, 0.25) is 0 Å². The van der Waals surface area contributed by atoms with Gasteiger partial charge < -0.3 is 9.64 Å². The Morgan fingerprint density at radius 1 is 1.52 bits per heavy atom. The van der Waals surface area contributed by atoms with Crippen LogP contribution in [-0.4, -0.2) is 35.2 Å². The van der Waals surface area contributed by atoms with Gasteiger partial charge in [0.25, 0.3) is 0 Å². The number of hydrogen-bond donors (Lipinski definition) is 1. The first-order valence-corrected chi connectivity index (χ1v) is 6.90. The predicted octanol–water partition coefficient (Wildman–Crippen LogP) is 2.29. The smallest absolute Gasteiger partial charge is 0.413 e. The van der Waals surface area contributed by atoms with Gasteiger partial charge in [-0.05, 0) is 39.4 Å². The number of pyridine rings is 1. The van der Waals surface area contributed by atoms with E-state index in [0.717, 1.165) is 30.8 Å². The molecule has 0 fully saturated rings. The average molecular weight is 288 g/mol. The molecule has 1 amide bonds. The Morgan fingerprint density at radius 3 is 2.86 bits per heavy atom. The number of nitriles is 1. The van der Waals surface area contributed by atoms with E-state index in [1.54, 1.807) is 26.8 Å². The number of fused-ring (bicyclic) bond motifs is 1. The molecule has 1 aliphatic rings. The number of carbonyl (C=O) groups excluding carboxylic acids is 1. The van der Waals surface area contributed by atoms with Crippen molar-refractivity contribution in [1.82, 2.24) is 9.88 Å². The highest BCUT2D eigenvalue weighted by atomic mass is 16.6. The molecule has 0 saturated heterocycles. The van der Waals surface area contributed by atoms with Gasteiger partial charge in [-0.2, -0.15) is 5.26 Å². The third-order valence-corrected chi connectivity index (χ3v) is 3.10. The van der Waals surface area contributed by atoms with E-state index in [2.05, 4.69) is 21.3 Å². The number of aromatic nitrogens is 1. The summed E-state index contributed by atoms with van der Waals surface area (Å²) in [5.74, 6) is 0.273. The lowest BCUT2D eigenvalue weighted by Crippen LogP contribution is -2.29. The topological polar surface area (TPSA) is 78.2 Å². The van der Waals surface area contributed by atoms with Crippen molar-refractivity contribution >= 4 is 11.9 Å². The molecule has 1 N–H and O–H groups in total. The highest BCUT2D eigenvalue weighted by Crippen LogP contribution is 2.22. The zero-order valence-corrected chi connectivity index (χ0v) is 12.9. The van der Waals surface area contributed by atoms with Crippen LogP contribution in [0.25, 0.3) is 0 Å². The highest BCUT2D eigenvalue weighted by Gasteiger charge is 2.21. The molecule has 1 aromatic heterocycles. The van der Waals surface area contributed by atoms with Gasteiger partial charge in [0.1, 0.15) is 11.7 Å². The lowest BCUT2D eigenvalue weighted by Gasteiger charge is -2.25. The molecule has 21 heavy (non-hydrogen) atoms. The van der Waals surface area contributed by atoms with Crippen LogP contribution in [0.2, 0.25) is 0 Å². The van der Waals surface area contributed by atoms with Crippen LogP contribution in [0, 0.1) is 11.3 Å². The standard InChI is InChI=1S/C15H20N4O2/c1-15(2,3)21-14(20)18-13-10(8-16)7-11-9-19(4)6-5-12(11)17-13/h7H,5-6,9H2,1-4H3,(H,17,18,20). The van der Waals surface area contributed by atoms with E-state index >= 15 is 0 Å². The van der Waals surface area contributed by atoms with Gasteiger partial charge in [0.05, 0.1) is 5.56 Å². The van der Waals surface area contributed by atoms with E-state index < -0.39 is 11.7 Å². The predicted molar refractivity (Wildman–Crippen MR) is 78.8 cm³/mol. The van der Waals surface area contributed by atoms with Gasteiger partial charge >= 0.3 is 6.09 Å². The fourth-order valence-corrected chi connectivity index (χ4v) is 2.19. The molecular formula is C15H20N4O2. The average Bonchev–Trinajstić information content (AvgIpc) is 2.36. The lowest BCUT2D eigenvalue weighted by molar-refractivity contribution is 0.0635. The Labute approximate surface area is 124 Å². The van der Waals surface area contributed by atoms with Gasteiger partial charge in [-0.25, -0.2) is 9.78 Å². The van der Waals surface area contributed by atoms with Crippen LogP contribution in [-0.2, 0) is 17.7 Å². The quantitative estimate of drug-likeness (QED) is 0.857. The van der Waals surface area contributed by atoms with Crippen molar-refractivity contribution in [3.8, 4) is 6.07 Å². The first kappa shape index (κ1) is 15.3. The normalized spacial score (nSPS) is 15.0. The van der Waals surface area contributed by atoms with Crippen molar-refractivity contribution in [2.45, 2.75) is 39.3 Å². The Bertz CT molecular complexity index is 599. The monoisotopic (exact) mass is 288 g/mol. The molecule has 6 heteroatoms. The maximum absolute atomic E-state index is 11.8. The van der Waals surface area contributed by atoms with E-state index in [0.29, 0.717) is 5.56 Å². The Morgan fingerprint density at radius 2 is 2.24 bits per heavy atom. The van der Waals surface area contributed by atoms with Crippen LogP contribution in [0.4, 0.5) is 10.6 Å². The molecule has 1 aromatic rings. The molecule has 2 heterocycles. The molecule has 1 aliphatic heterocycles. The summed E-state index contributed by atoms with van der Waals surface area (Å²) in [5.41, 5.74) is 1.73. The van der Waals surface area contributed by atoms with Gasteiger partial charge in [-0.15, -0.1) is 0 Å². The number of ether oxygens (including phenoxy) is 1. The molecule has 0 spiro atoms.